The fourth-order valence-electron chi connectivity index (χ4n) is 2.28. The number of aryl methyl sites for hydroxylation is 1. The zero-order valence-electron chi connectivity index (χ0n) is 9.88. The zero-order chi connectivity index (χ0) is 12.5. The molecule has 2 heterocycles. The molecule has 1 aliphatic heterocycles. The van der Waals surface area contributed by atoms with Crippen LogP contribution in [-0.2, 0) is 12.8 Å². The van der Waals surface area contributed by atoms with Crippen LogP contribution in [0.15, 0.2) is 24.3 Å². The molecule has 1 aromatic carbocycles. The first-order chi connectivity index (χ1) is 8.72. The molecule has 0 aliphatic carbocycles. The summed E-state index contributed by atoms with van der Waals surface area (Å²) in [7, 11) is 0. The third-order valence-corrected chi connectivity index (χ3v) is 3.14. The number of aromatic nitrogens is 3. The molecule has 1 aromatic heterocycles. The van der Waals surface area contributed by atoms with Crippen LogP contribution in [0.3, 0.4) is 0 Å². The van der Waals surface area contributed by atoms with Gasteiger partial charge >= 0.3 is 0 Å². The maximum absolute atomic E-state index is 13.1. The summed E-state index contributed by atoms with van der Waals surface area (Å²) in [4.78, 5) is 4.40. The SMILES string of the molecule is OC1CCCc2nc(Cc3cccc(F)c3)nn21. The summed E-state index contributed by atoms with van der Waals surface area (Å²) in [5.74, 6) is 1.20. The van der Waals surface area contributed by atoms with E-state index in [-0.39, 0.29) is 5.82 Å². The Morgan fingerprint density at radius 1 is 1.44 bits per heavy atom. The molecule has 1 aliphatic rings. The van der Waals surface area contributed by atoms with Crippen LogP contribution in [0, 0.1) is 5.82 Å². The van der Waals surface area contributed by atoms with Crippen molar-refractivity contribution in [3.63, 3.8) is 0 Å². The highest BCUT2D eigenvalue weighted by Crippen LogP contribution is 2.21. The second kappa shape index (κ2) is 4.49. The van der Waals surface area contributed by atoms with Gasteiger partial charge in [-0.25, -0.2) is 14.1 Å². The number of fused-ring (bicyclic) bond motifs is 1. The Morgan fingerprint density at radius 2 is 2.33 bits per heavy atom. The van der Waals surface area contributed by atoms with Gasteiger partial charge in [0.2, 0.25) is 0 Å². The second-order valence-electron chi connectivity index (χ2n) is 4.57. The highest BCUT2D eigenvalue weighted by Gasteiger charge is 2.20. The quantitative estimate of drug-likeness (QED) is 0.881. The minimum absolute atomic E-state index is 0.253. The summed E-state index contributed by atoms with van der Waals surface area (Å²) in [6.07, 6.45) is 2.41. The molecule has 0 amide bonds. The van der Waals surface area contributed by atoms with Crippen LogP contribution >= 0.6 is 0 Å². The maximum Gasteiger partial charge on any atom is 0.155 e. The zero-order valence-corrected chi connectivity index (χ0v) is 9.88. The van der Waals surface area contributed by atoms with Gasteiger partial charge in [0.1, 0.15) is 17.9 Å². The lowest BCUT2D eigenvalue weighted by Crippen LogP contribution is -2.18. The Hall–Kier alpha value is -1.75. The molecule has 1 unspecified atom stereocenters. The van der Waals surface area contributed by atoms with Gasteiger partial charge in [-0.3, -0.25) is 0 Å². The number of rotatable bonds is 2. The molecular weight excluding hydrogens is 233 g/mol. The molecule has 2 aromatic rings. The van der Waals surface area contributed by atoms with E-state index in [1.807, 2.05) is 6.07 Å². The number of hydrogen-bond acceptors (Lipinski definition) is 3. The number of hydrogen-bond donors (Lipinski definition) is 1. The van der Waals surface area contributed by atoms with E-state index in [9.17, 15) is 9.50 Å². The Balaban J connectivity index is 1.85. The summed E-state index contributed by atoms with van der Waals surface area (Å²) < 4.78 is 14.7. The summed E-state index contributed by atoms with van der Waals surface area (Å²) in [5.41, 5.74) is 0.840. The third kappa shape index (κ3) is 2.13. The van der Waals surface area contributed by atoms with Crippen LogP contribution in [0.2, 0.25) is 0 Å². The predicted molar refractivity (Wildman–Crippen MR) is 63.4 cm³/mol. The molecule has 0 saturated carbocycles. The lowest BCUT2D eigenvalue weighted by Gasteiger charge is -2.17. The largest absolute Gasteiger partial charge is 0.372 e. The van der Waals surface area contributed by atoms with E-state index in [1.165, 1.54) is 12.1 Å². The van der Waals surface area contributed by atoms with Gasteiger partial charge in [0.15, 0.2) is 5.82 Å². The smallest absolute Gasteiger partial charge is 0.155 e. The standard InChI is InChI=1S/C13H14FN3O/c14-10-4-1-3-9(7-10)8-11-15-12-5-2-6-13(18)17(12)16-11/h1,3-4,7,13,18H,2,5-6,8H2. The van der Waals surface area contributed by atoms with E-state index >= 15 is 0 Å². The number of halogens is 1. The minimum Gasteiger partial charge on any atom is -0.372 e. The number of nitrogens with zero attached hydrogens (tertiary/aromatic N) is 3. The van der Waals surface area contributed by atoms with Crippen LogP contribution < -0.4 is 0 Å². The first kappa shape index (κ1) is 11.3. The van der Waals surface area contributed by atoms with Crippen molar-refractivity contribution in [1.29, 1.82) is 0 Å². The Kier molecular flexibility index (Phi) is 2.83. The van der Waals surface area contributed by atoms with E-state index in [4.69, 9.17) is 0 Å². The average molecular weight is 247 g/mol. The van der Waals surface area contributed by atoms with Crippen molar-refractivity contribution in [1.82, 2.24) is 14.8 Å². The van der Waals surface area contributed by atoms with Crippen molar-refractivity contribution in [2.75, 3.05) is 0 Å². The van der Waals surface area contributed by atoms with E-state index in [0.29, 0.717) is 12.2 Å². The Morgan fingerprint density at radius 3 is 3.11 bits per heavy atom. The Bertz CT molecular complexity index is 567. The molecule has 0 bridgehead atoms. The van der Waals surface area contributed by atoms with Gasteiger partial charge in [-0.2, -0.15) is 5.10 Å². The van der Waals surface area contributed by atoms with Gasteiger partial charge in [0, 0.05) is 12.8 Å². The molecule has 94 valence electrons. The van der Waals surface area contributed by atoms with Crippen molar-refractivity contribution >= 4 is 0 Å². The number of aliphatic hydroxyl groups excluding tert-OH is 1. The molecule has 1 atom stereocenters. The van der Waals surface area contributed by atoms with E-state index < -0.39 is 6.23 Å². The molecule has 0 fully saturated rings. The maximum atomic E-state index is 13.1. The Labute approximate surface area is 104 Å². The fourth-order valence-corrected chi connectivity index (χ4v) is 2.28. The predicted octanol–water partition coefficient (Wildman–Crippen LogP) is 1.84. The van der Waals surface area contributed by atoms with E-state index in [1.54, 1.807) is 10.7 Å². The lowest BCUT2D eigenvalue weighted by atomic mass is 10.1. The van der Waals surface area contributed by atoms with Crippen molar-refractivity contribution in [2.24, 2.45) is 0 Å². The molecule has 18 heavy (non-hydrogen) atoms. The van der Waals surface area contributed by atoms with Crippen LogP contribution in [0.25, 0.3) is 0 Å². The van der Waals surface area contributed by atoms with Gasteiger partial charge < -0.3 is 5.11 Å². The third-order valence-electron chi connectivity index (χ3n) is 3.14. The second-order valence-corrected chi connectivity index (χ2v) is 4.57. The number of aliphatic hydroxyl groups is 1. The molecule has 3 rings (SSSR count). The van der Waals surface area contributed by atoms with E-state index in [2.05, 4.69) is 10.1 Å². The van der Waals surface area contributed by atoms with Gasteiger partial charge in [0.25, 0.3) is 0 Å². The number of benzene rings is 1. The van der Waals surface area contributed by atoms with E-state index in [0.717, 1.165) is 30.7 Å². The normalized spacial score (nSPS) is 18.7. The molecule has 0 radical (unpaired) electrons. The lowest BCUT2D eigenvalue weighted by molar-refractivity contribution is 0.0644. The summed E-state index contributed by atoms with van der Waals surface area (Å²) in [6, 6.07) is 6.42. The van der Waals surface area contributed by atoms with Gasteiger partial charge in [0.05, 0.1) is 0 Å². The highest BCUT2D eigenvalue weighted by atomic mass is 19.1. The van der Waals surface area contributed by atoms with Gasteiger partial charge in [-0.15, -0.1) is 0 Å². The van der Waals surface area contributed by atoms with Crippen LogP contribution in [0.1, 0.15) is 36.3 Å². The monoisotopic (exact) mass is 247 g/mol. The minimum atomic E-state index is -0.567. The molecular formula is C13H14FN3O. The first-order valence-corrected chi connectivity index (χ1v) is 6.09. The summed E-state index contributed by atoms with van der Waals surface area (Å²) in [5, 5.41) is 14.1. The van der Waals surface area contributed by atoms with Crippen LogP contribution in [-0.4, -0.2) is 19.9 Å². The molecule has 1 N–H and O–H groups in total. The van der Waals surface area contributed by atoms with Crippen molar-refractivity contribution in [2.45, 2.75) is 31.9 Å². The topological polar surface area (TPSA) is 50.9 Å². The first-order valence-electron chi connectivity index (χ1n) is 6.09. The molecule has 5 heteroatoms. The van der Waals surface area contributed by atoms with Crippen molar-refractivity contribution in [3.8, 4) is 0 Å². The van der Waals surface area contributed by atoms with Crippen molar-refractivity contribution < 1.29 is 9.50 Å². The van der Waals surface area contributed by atoms with Gasteiger partial charge in [-0.1, -0.05) is 12.1 Å². The summed E-state index contributed by atoms with van der Waals surface area (Å²) >= 11 is 0. The van der Waals surface area contributed by atoms with Crippen LogP contribution in [0.4, 0.5) is 4.39 Å². The van der Waals surface area contributed by atoms with Crippen LogP contribution in [0.5, 0.6) is 0 Å². The van der Waals surface area contributed by atoms with Gasteiger partial charge in [-0.05, 0) is 30.5 Å². The average Bonchev–Trinajstić information content (AvgIpc) is 2.73. The molecule has 0 saturated heterocycles. The molecule has 4 nitrogen and oxygen atoms in total. The molecule has 0 spiro atoms. The summed E-state index contributed by atoms with van der Waals surface area (Å²) in [6.45, 7) is 0. The van der Waals surface area contributed by atoms with Crippen molar-refractivity contribution in [3.05, 3.63) is 47.3 Å². The highest BCUT2D eigenvalue weighted by molar-refractivity contribution is 5.20. The fraction of sp³-hybridized carbons (Fsp3) is 0.385.